The molecule has 0 spiro atoms. The van der Waals surface area contributed by atoms with Crippen molar-refractivity contribution in [3.05, 3.63) is 60.7 Å². The third kappa shape index (κ3) is 6.22. The van der Waals surface area contributed by atoms with Crippen molar-refractivity contribution in [2.24, 2.45) is 0 Å². The van der Waals surface area contributed by atoms with Gasteiger partial charge in [-0.05, 0) is 28.3 Å². The van der Waals surface area contributed by atoms with Crippen LogP contribution >= 0.6 is 0 Å². The maximum atomic E-state index is 11.3. The quantitative estimate of drug-likeness (QED) is 0.460. The SMILES string of the molecule is CCCO[C@H]1[C@H](O)[C@@H](CO[Si](c2ccccc2)(c2ccccc2)C(C)(C)C)OC(O)[C@@H]1OCCC. The molecule has 1 fully saturated rings. The summed E-state index contributed by atoms with van der Waals surface area (Å²) in [6, 6.07) is 20.7. The molecule has 0 aliphatic carbocycles. The number of hydrogen-bond acceptors (Lipinski definition) is 6. The zero-order valence-electron chi connectivity index (χ0n) is 21.7. The van der Waals surface area contributed by atoms with E-state index in [1.165, 1.54) is 0 Å². The summed E-state index contributed by atoms with van der Waals surface area (Å²) in [5.41, 5.74) is 0. The number of hydrogen-bond donors (Lipinski definition) is 2. The van der Waals surface area contributed by atoms with Crippen LogP contribution in [0.5, 0.6) is 0 Å². The van der Waals surface area contributed by atoms with Crippen LogP contribution < -0.4 is 10.4 Å². The smallest absolute Gasteiger partial charge is 0.261 e. The van der Waals surface area contributed by atoms with Crippen molar-refractivity contribution in [3.8, 4) is 0 Å². The minimum Gasteiger partial charge on any atom is -0.405 e. The first-order valence-electron chi connectivity index (χ1n) is 12.8. The average molecular weight is 503 g/mol. The van der Waals surface area contributed by atoms with Crippen LogP contribution in [-0.2, 0) is 18.6 Å². The third-order valence-electron chi connectivity index (χ3n) is 6.55. The second-order valence-electron chi connectivity index (χ2n) is 10.2. The predicted molar refractivity (Wildman–Crippen MR) is 141 cm³/mol. The summed E-state index contributed by atoms with van der Waals surface area (Å²) >= 11 is 0. The van der Waals surface area contributed by atoms with Crippen LogP contribution in [0.1, 0.15) is 47.5 Å². The second kappa shape index (κ2) is 12.6. The van der Waals surface area contributed by atoms with Crippen molar-refractivity contribution in [1.29, 1.82) is 0 Å². The summed E-state index contributed by atoms with van der Waals surface area (Å²) in [4.78, 5) is 0. The molecule has 3 rings (SSSR count). The van der Waals surface area contributed by atoms with Crippen molar-refractivity contribution in [1.82, 2.24) is 0 Å². The third-order valence-corrected chi connectivity index (χ3v) is 11.6. The van der Waals surface area contributed by atoms with Gasteiger partial charge in [-0.25, -0.2) is 0 Å². The van der Waals surface area contributed by atoms with Gasteiger partial charge in [-0.2, -0.15) is 0 Å². The van der Waals surface area contributed by atoms with Gasteiger partial charge in [0.1, 0.15) is 24.4 Å². The Kier molecular flexibility index (Phi) is 10.1. The van der Waals surface area contributed by atoms with Crippen LogP contribution in [0.15, 0.2) is 60.7 Å². The molecule has 2 N–H and O–H groups in total. The Balaban J connectivity index is 1.93. The second-order valence-corrected chi connectivity index (χ2v) is 14.5. The normalized spacial score (nSPS) is 25.5. The highest BCUT2D eigenvalue weighted by Crippen LogP contribution is 2.37. The Labute approximate surface area is 211 Å². The molecule has 7 heteroatoms. The monoisotopic (exact) mass is 502 g/mol. The summed E-state index contributed by atoms with van der Waals surface area (Å²) in [6.45, 7) is 11.6. The highest BCUT2D eigenvalue weighted by atomic mass is 28.4. The van der Waals surface area contributed by atoms with Crippen LogP contribution in [0.3, 0.4) is 0 Å². The van der Waals surface area contributed by atoms with E-state index in [4.69, 9.17) is 18.6 Å². The van der Waals surface area contributed by atoms with Gasteiger partial charge < -0.3 is 28.8 Å². The van der Waals surface area contributed by atoms with Crippen molar-refractivity contribution < 1.29 is 28.8 Å². The van der Waals surface area contributed by atoms with Gasteiger partial charge >= 0.3 is 0 Å². The Morgan fingerprint density at radius 3 is 1.74 bits per heavy atom. The average Bonchev–Trinajstić information content (AvgIpc) is 2.85. The number of aliphatic hydroxyl groups is 2. The first kappa shape index (κ1) is 28.0. The van der Waals surface area contributed by atoms with Crippen molar-refractivity contribution in [3.63, 3.8) is 0 Å². The van der Waals surface area contributed by atoms with Crippen molar-refractivity contribution >= 4 is 18.7 Å². The first-order chi connectivity index (χ1) is 16.8. The molecule has 1 saturated heterocycles. The molecular weight excluding hydrogens is 460 g/mol. The molecule has 6 nitrogen and oxygen atoms in total. The highest BCUT2D eigenvalue weighted by molar-refractivity contribution is 6.99. The molecule has 1 aliphatic heterocycles. The van der Waals surface area contributed by atoms with Crippen LogP contribution in [-0.4, -0.2) is 69.1 Å². The van der Waals surface area contributed by atoms with Gasteiger partial charge in [-0.1, -0.05) is 95.3 Å². The van der Waals surface area contributed by atoms with Crippen molar-refractivity contribution in [2.45, 2.75) is 83.2 Å². The fraction of sp³-hybridized carbons (Fsp3) is 0.571. The van der Waals surface area contributed by atoms with Gasteiger partial charge in [-0.3, -0.25) is 0 Å². The molecule has 35 heavy (non-hydrogen) atoms. The largest absolute Gasteiger partial charge is 0.405 e. The lowest BCUT2D eigenvalue weighted by molar-refractivity contribution is -0.302. The molecule has 194 valence electrons. The molecule has 0 saturated carbocycles. The van der Waals surface area contributed by atoms with E-state index >= 15 is 0 Å². The first-order valence-corrected chi connectivity index (χ1v) is 14.7. The van der Waals surface area contributed by atoms with Gasteiger partial charge in [0.25, 0.3) is 8.32 Å². The van der Waals surface area contributed by atoms with Crippen molar-refractivity contribution in [2.75, 3.05) is 19.8 Å². The van der Waals surface area contributed by atoms with E-state index in [1.54, 1.807) is 0 Å². The molecule has 0 aromatic heterocycles. The van der Waals surface area contributed by atoms with E-state index in [0.717, 1.165) is 23.2 Å². The molecule has 0 amide bonds. The van der Waals surface area contributed by atoms with Gasteiger partial charge in [0.15, 0.2) is 6.29 Å². The fourth-order valence-electron chi connectivity index (χ4n) is 4.89. The number of rotatable bonds is 11. The standard InChI is InChI=1S/C28H42O6Si/c1-6-18-31-25-24(29)23(34-27(30)26(25)32-19-7-2)20-33-35(28(3,4)5,21-14-10-8-11-15-21)22-16-12-9-13-17-22/h8-17,23-27,29-30H,6-7,18-20H2,1-5H3/t23-,24-,25+,26-,27?/m1/s1. The van der Waals surface area contributed by atoms with Gasteiger partial charge in [-0.15, -0.1) is 0 Å². The lowest BCUT2D eigenvalue weighted by Crippen LogP contribution is -2.68. The summed E-state index contributed by atoms with van der Waals surface area (Å²) in [5.74, 6) is 0. The molecule has 1 heterocycles. The van der Waals surface area contributed by atoms with Crippen LogP contribution in [0.4, 0.5) is 0 Å². The highest BCUT2D eigenvalue weighted by Gasteiger charge is 2.52. The van der Waals surface area contributed by atoms with Gasteiger partial charge in [0, 0.05) is 13.2 Å². The summed E-state index contributed by atoms with van der Waals surface area (Å²) in [6.07, 6.45) is -2.82. The van der Waals surface area contributed by atoms with Gasteiger partial charge in [0.2, 0.25) is 0 Å². The Morgan fingerprint density at radius 2 is 1.29 bits per heavy atom. The number of ether oxygens (including phenoxy) is 3. The molecule has 0 bridgehead atoms. The molecule has 2 aromatic rings. The molecule has 5 atom stereocenters. The summed E-state index contributed by atoms with van der Waals surface area (Å²) in [5, 5.41) is 24.2. The Hall–Kier alpha value is -1.58. The molecule has 1 unspecified atom stereocenters. The Bertz CT molecular complexity index is 833. The van der Waals surface area contributed by atoms with E-state index in [2.05, 4.69) is 45.0 Å². The topological polar surface area (TPSA) is 77.4 Å². The minimum atomic E-state index is -2.82. The van der Waals surface area contributed by atoms with E-state index in [0.29, 0.717) is 13.2 Å². The lowest BCUT2D eigenvalue weighted by atomic mass is 9.99. The molecule has 1 aliphatic rings. The zero-order chi connectivity index (χ0) is 25.5. The van der Waals surface area contributed by atoms with E-state index in [1.807, 2.05) is 50.2 Å². The van der Waals surface area contributed by atoms with Gasteiger partial charge in [0.05, 0.1) is 6.61 Å². The Morgan fingerprint density at radius 1 is 0.800 bits per heavy atom. The van der Waals surface area contributed by atoms with E-state index < -0.39 is 39.0 Å². The fourth-order valence-corrected chi connectivity index (χ4v) is 9.46. The van der Waals surface area contributed by atoms with Crippen LogP contribution in [0.25, 0.3) is 0 Å². The summed E-state index contributed by atoms with van der Waals surface area (Å²) < 4.78 is 24.6. The number of benzene rings is 2. The van der Waals surface area contributed by atoms with E-state index in [-0.39, 0.29) is 11.6 Å². The molecule has 0 radical (unpaired) electrons. The zero-order valence-corrected chi connectivity index (χ0v) is 22.7. The molecular formula is C28H42O6Si. The predicted octanol–water partition coefficient (Wildman–Crippen LogP) is 3.23. The minimum absolute atomic E-state index is 0.123. The maximum absolute atomic E-state index is 11.3. The van der Waals surface area contributed by atoms with Crippen LogP contribution in [0.2, 0.25) is 5.04 Å². The number of aliphatic hydroxyl groups excluding tert-OH is 2. The lowest BCUT2D eigenvalue weighted by Gasteiger charge is -2.46. The summed E-state index contributed by atoms with van der Waals surface area (Å²) in [7, 11) is -2.82. The van der Waals surface area contributed by atoms with E-state index in [9.17, 15) is 10.2 Å². The van der Waals surface area contributed by atoms with Crippen LogP contribution in [0, 0.1) is 0 Å². The molecule has 2 aromatic carbocycles. The maximum Gasteiger partial charge on any atom is 0.261 e.